The molecule has 0 aliphatic carbocycles. The summed E-state index contributed by atoms with van der Waals surface area (Å²) >= 11 is 0. The standard InChI is InChI=1S/C13H17F13N/c1-4-5-6-7(14)8(15)27(2,3)13(25,26)10(17,18)9(16,11(19,20)21)12(22,23)24/h7-8H,4-6H2,1-3H3/q+1. The van der Waals surface area contributed by atoms with Crippen LogP contribution in [-0.4, -0.2) is 61.0 Å². The average molecular weight is 434 g/mol. The lowest BCUT2D eigenvalue weighted by molar-refractivity contribution is -1.02. The molecule has 2 unspecified atom stereocenters. The van der Waals surface area contributed by atoms with Gasteiger partial charge in [-0.2, -0.15) is 39.5 Å². The van der Waals surface area contributed by atoms with Crippen LogP contribution in [0.4, 0.5) is 57.1 Å². The van der Waals surface area contributed by atoms with E-state index < -0.39 is 53.4 Å². The highest BCUT2D eigenvalue weighted by Crippen LogP contribution is 2.60. The van der Waals surface area contributed by atoms with Crippen molar-refractivity contribution in [3.8, 4) is 0 Å². The van der Waals surface area contributed by atoms with E-state index in [4.69, 9.17) is 0 Å². The van der Waals surface area contributed by atoms with E-state index in [1.165, 1.54) is 6.92 Å². The first kappa shape index (κ1) is 26.1. The predicted octanol–water partition coefficient (Wildman–Crippen LogP) is 5.95. The van der Waals surface area contributed by atoms with Crippen molar-refractivity contribution in [3.63, 3.8) is 0 Å². The molecule has 0 rings (SSSR count). The number of alkyl halides is 13. The third-order valence-electron chi connectivity index (χ3n) is 4.06. The van der Waals surface area contributed by atoms with E-state index in [2.05, 4.69) is 0 Å². The second-order valence-electron chi connectivity index (χ2n) is 6.34. The van der Waals surface area contributed by atoms with Gasteiger partial charge in [0.1, 0.15) is 0 Å². The van der Waals surface area contributed by atoms with Crippen LogP contribution in [0.1, 0.15) is 26.2 Å². The smallest absolute Gasteiger partial charge is 0.238 e. The van der Waals surface area contributed by atoms with Gasteiger partial charge in [-0.1, -0.05) is 19.8 Å². The molecule has 164 valence electrons. The number of quaternary nitrogens is 1. The molecule has 27 heavy (non-hydrogen) atoms. The van der Waals surface area contributed by atoms with Crippen LogP contribution in [0.15, 0.2) is 0 Å². The highest BCUT2D eigenvalue weighted by Gasteiger charge is 2.94. The van der Waals surface area contributed by atoms with Gasteiger partial charge in [0.05, 0.1) is 14.1 Å². The zero-order valence-electron chi connectivity index (χ0n) is 14.1. The summed E-state index contributed by atoms with van der Waals surface area (Å²) < 4.78 is 168. The van der Waals surface area contributed by atoms with Crippen LogP contribution in [0.3, 0.4) is 0 Å². The maximum absolute atomic E-state index is 14.0. The van der Waals surface area contributed by atoms with E-state index in [1.807, 2.05) is 0 Å². The van der Waals surface area contributed by atoms with Gasteiger partial charge in [-0.05, 0) is 6.42 Å². The first-order valence-electron chi connectivity index (χ1n) is 7.34. The molecular formula is C13H17F13N+. The number of halogens is 13. The molecule has 0 aromatic heterocycles. The summed E-state index contributed by atoms with van der Waals surface area (Å²) in [4.78, 5) is 0. The second-order valence-corrected chi connectivity index (χ2v) is 6.34. The van der Waals surface area contributed by atoms with Crippen LogP contribution in [0, 0.1) is 0 Å². The molecular weight excluding hydrogens is 417 g/mol. The van der Waals surface area contributed by atoms with Gasteiger partial charge < -0.3 is 0 Å². The van der Waals surface area contributed by atoms with Gasteiger partial charge >= 0.3 is 30.0 Å². The van der Waals surface area contributed by atoms with E-state index in [-0.39, 0.29) is 26.9 Å². The van der Waals surface area contributed by atoms with Crippen LogP contribution in [0.5, 0.6) is 0 Å². The Labute approximate surface area is 145 Å². The van der Waals surface area contributed by atoms with Crippen LogP contribution < -0.4 is 0 Å². The molecule has 0 aliphatic heterocycles. The fourth-order valence-corrected chi connectivity index (χ4v) is 2.18. The topological polar surface area (TPSA) is 0 Å². The Hall–Kier alpha value is -0.950. The molecule has 0 heterocycles. The maximum Gasteiger partial charge on any atom is 0.461 e. The van der Waals surface area contributed by atoms with Crippen LogP contribution in [0.2, 0.25) is 0 Å². The van der Waals surface area contributed by atoms with E-state index in [0.29, 0.717) is 0 Å². The molecule has 1 nitrogen and oxygen atoms in total. The number of hydrogen-bond donors (Lipinski definition) is 0. The molecule has 0 spiro atoms. The molecule has 0 saturated carbocycles. The van der Waals surface area contributed by atoms with Gasteiger partial charge in [0.15, 0.2) is 6.17 Å². The summed E-state index contributed by atoms with van der Waals surface area (Å²) in [5, 5.41) is 0. The van der Waals surface area contributed by atoms with Gasteiger partial charge in [0.25, 0.3) is 6.30 Å². The molecule has 2 atom stereocenters. The van der Waals surface area contributed by atoms with Crippen molar-refractivity contribution in [3.05, 3.63) is 0 Å². The summed E-state index contributed by atoms with van der Waals surface area (Å²) in [7, 11) is -0.519. The molecule has 0 bridgehead atoms. The lowest BCUT2D eigenvalue weighted by Gasteiger charge is -2.46. The van der Waals surface area contributed by atoms with Crippen molar-refractivity contribution < 1.29 is 61.6 Å². The van der Waals surface area contributed by atoms with E-state index >= 15 is 0 Å². The summed E-state index contributed by atoms with van der Waals surface area (Å²) in [5.74, 6) is -7.52. The minimum absolute atomic E-state index is 0.137. The molecule has 0 aromatic carbocycles. The third kappa shape index (κ3) is 3.95. The van der Waals surface area contributed by atoms with Crippen LogP contribution in [-0.2, 0) is 0 Å². The predicted molar refractivity (Wildman–Crippen MR) is 67.3 cm³/mol. The SMILES string of the molecule is CCCCC(F)C(F)[N+](C)(C)C(F)(F)C(F)(F)C(F)(C(F)(F)F)C(F)(F)F. The monoisotopic (exact) mass is 434 g/mol. The van der Waals surface area contributed by atoms with Gasteiger partial charge in [0, 0.05) is 0 Å². The summed E-state index contributed by atoms with van der Waals surface area (Å²) in [6, 6.07) is -6.64. The zero-order chi connectivity index (χ0) is 22.3. The Morgan fingerprint density at radius 3 is 1.41 bits per heavy atom. The third-order valence-corrected chi connectivity index (χ3v) is 4.06. The minimum atomic E-state index is -7.71. The maximum atomic E-state index is 14.0. The fourth-order valence-electron chi connectivity index (χ4n) is 2.18. The minimum Gasteiger partial charge on any atom is -0.238 e. The second kappa shape index (κ2) is 7.47. The van der Waals surface area contributed by atoms with E-state index in [9.17, 15) is 57.1 Å². The van der Waals surface area contributed by atoms with Crippen molar-refractivity contribution in [2.75, 3.05) is 14.1 Å². The molecule has 0 fully saturated rings. The first-order valence-corrected chi connectivity index (χ1v) is 7.34. The summed E-state index contributed by atoms with van der Waals surface area (Å²) in [6.45, 7) is 1.45. The number of unbranched alkanes of at least 4 members (excludes halogenated alkanes) is 1. The molecule has 0 amide bonds. The number of hydrogen-bond acceptors (Lipinski definition) is 0. The molecule has 0 radical (unpaired) electrons. The zero-order valence-corrected chi connectivity index (χ0v) is 14.1. The number of rotatable bonds is 8. The fraction of sp³-hybridized carbons (Fsp3) is 1.00. The quantitative estimate of drug-likeness (QED) is 0.252. The van der Waals surface area contributed by atoms with Gasteiger partial charge in [-0.25, -0.2) is 13.3 Å². The van der Waals surface area contributed by atoms with Crippen molar-refractivity contribution in [1.82, 2.24) is 0 Å². The van der Waals surface area contributed by atoms with E-state index in [1.54, 1.807) is 0 Å². The van der Waals surface area contributed by atoms with Gasteiger partial charge in [-0.3, -0.25) is 0 Å². The highest BCUT2D eigenvalue weighted by molar-refractivity contribution is 5.09. The van der Waals surface area contributed by atoms with Crippen LogP contribution >= 0.6 is 0 Å². The largest absolute Gasteiger partial charge is 0.461 e. The average Bonchev–Trinajstić information content (AvgIpc) is 2.47. The van der Waals surface area contributed by atoms with Crippen molar-refractivity contribution in [2.24, 2.45) is 0 Å². The number of nitrogens with zero attached hydrogens (tertiary/aromatic N) is 1. The van der Waals surface area contributed by atoms with Crippen molar-refractivity contribution >= 4 is 0 Å². The van der Waals surface area contributed by atoms with Gasteiger partial charge in [-0.15, -0.1) is 8.78 Å². The first-order chi connectivity index (χ1) is 11.6. The normalized spacial score (nSPS) is 17.8. The highest BCUT2D eigenvalue weighted by atomic mass is 19.4. The molecule has 0 aromatic rings. The Balaban J connectivity index is 6.35. The Bertz CT molecular complexity index is 479. The Morgan fingerprint density at radius 2 is 1.11 bits per heavy atom. The molecule has 14 heteroatoms. The van der Waals surface area contributed by atoms with Crippen molar-refractivity contribution in [2.45, 2.75) is 68.6 Å². The molecule has 0 saturated heterocycles. The molecule has 0 N–H and O–H groups in total. The molecule has 0 aliphatic rings. The van der Waals surface area contributed by atoms with Crippen molar-refractivity contribution in [1.29, 1.82) is 0 Å². The van der Waals surface area contributed by atoms with Crippen LogP contribution in [0.25, 0.3) is 0 Å². The Morgan fingerprint density at radius 1 is 0.741 bits per heavy atom. The summed E-state index contributed by atoms with van der Waals surface area (Å²) in [6.07, 6.45) is -22.4. The van der Waals surface area contributed by atoms with E-state index in [0.717, 1.165) is 0 Å². The lowest BCUT2D eigenvalue weighted by Crippen LogP contribution is -2.78. The Kier molecular flexibility index (Phi) is 7.20. The summed E-state index contributed by atoms with van der Waals surface area (Å²) in [5.41, 5.74) is -7.71. The lowest BCUT2D eigenvalue weighted by atomic mass is 9.92. The van der Waals surface area contributed by atoms with Gasteiger partial charge in [0.2, 0.25) is 0 Å².